The van der Waals surface area contributed by atoms with Crippen molar-refractivity contribution in [3.05, 3.63) is 12.2 Å². The third kappa shape index (κ3) is 8.02. The van der Waals surface area contributed by atoms with Crippen LogP contribution in [0.5, 0.6) is 0 Å². The zero-order valence-electron chi connectivity index (χ0n) is 7.63. The van der Waals surface area contributed by atoms with Crippen LogP contribution < -0.4 is 5.23 Å². The van der Waals surface area contributed by atoms with Gasteiger partial charge in [-0.3, -0.25) is 0 Å². The molecule has 1 radical (unpaired) electrons. The van der Waals surface area contributed by atoms with E-state index in [2.05, 4.69) is 38.0 Å². The van der Waals surface area contributed by atoms with E-state index in [0.29, 0.717) is 5.82 Å². The molecule has 0 aromatic heterocycles. The van der Waals surface area contributed by atoms with Crippen LogP contribution in [0, 0.1) is 0 Å². The van der Waals surface area contributed by atoms with Crippen molar-refractivity contribution in [3.63, 3.8) is 0 Å². The predicted octanol–water partition coefficient (Wildman–Crippen LogP) is 1.94. The van der Waals surface area contributed by atoms with Crippen molar-refractivity contribution in [2.75, 3.05) is 19.1 Å². The van der Waals surface area contributed by atoms with Crippen molar-refractivity contribution in [3.8, 4) is 0 Å². The number of allylic oxidation sites excluding steroid dienone is 2. The normalized spacial score (nSPS) is 13.7. The maximum absolute atomic E-state index is 3.03. The summed E-state index contributed by atoms with van der Waals surface area (Å²) in [7, 11) is 4.02. The maximum Gasteiger partial charge on any atom is 0.212 e. The van der Waals surface area contributed by atoms with Crippen LogP contribution in [0.25, 0.3) is 0 Å². The molecular formula is C8H17BNS. The van der Waals surface area contributed by atoms with Gasteiger partial charge in [0.15, 0.2) is 0 Å². The number of rotatable bonds is 6. The van der Waals surface area contributed by atoms with E-state index in [1.165, 1.54) is 12.2 Å². The third-order valence-electron chi connectivity index (χ3n) is 1.36. The van der Waals surface area contributed by atoms with E-state index in [9.17, 15) is 0 Å². The minimum absolute atomic E-state index is 0.543. The first-order chi connectivity index (χ1) is 5.31. The average molecular weight is 170 g/mol. The summed E-state index contributed by atoms with van der Waals surface area (Å²) in [6, 6.07) is 0. The van der Waals surface area contributed by atoms with Crippen LogP contribution >= 0.6 is 11.8 Å². The Bertz CT molecular complexity index is 106. The van der Waals surface area contributed by atoms with E-state index >= 15 is 0 Å². The molecule has 0 aliphatic heterocycles. The Morgan fingerprint density at radius 3 is 2.91 bits per heavy atom. The van der Waals surface area contributed by atoms with Crippen LogP contribution in [-0.2, 0) is 0 Å². The van der Waals surface area contributed by atoms with Gasteiger partial charge in [0.25, 0.3) is 0 Å². The number of hydrogen-bond acceptors (Lipinski definition) is 2. The summed E-state index contributed by atoms with van der Waals surface area (Å²) in [4.78, 5) is 0. The van der Waals surface area contributed by atoms with E-state index in [4.69, 9.17) is 0 Å². The van der Waals surface area contributed by atoms with E-state index in [1.807, 2.05) is 18.8 Å². The van der Waals surface area contributed by atoms with Gasteiger partial charge in [-0.25, -0.2) is 0 Å². The summed E-state index contributed by atoms with van der Waals surface area (Å²) in [5.74, 6) is 1.77. The van der Waals surface area contributed by atoms with Crippen molar-refractivity contribution >= 4 is 19.2 Å². The molecule has 0 saturated heterocycles. The minimum atomic E-state index is 0.543. The Hall–Kier alpha value is 0.115. The van der Waals surface area contributed by atoms with Gasteiger partial charge in [0.2, 0.25) is 7.41 Å². The summed E-state index contributed by atoms with van der Waals surface area (Å²) in [5, 5.41) is 3.03. The lowest BCUT2D eigenvalue weighted by Crippen LogP contribution is -2.15. The van der Waals surface area contributed by atoms with Crippen molar-refractivity contribution in [1.29, 1.82) is 0 Å². The molecule has 0 amide bonds. The molecule has 3 heteroatoms. The first-order valence-electron chi connectivity index (χ1n) is 3.97. The fraction of sp³-hybridized carbons (Fsp3) is 0.750. The molecule has 0 aromatic carbocycles. The van der Waals surface area contributed by atoms with E-state index in [-0.39, 0.29) is 0 Å². The van der Waals surface area contributed by atoms with Gasteiger partial charge in [-0.05, 0) is 31.3 Å². The van der Waals surface area contributed by atoms with Crippen LogP contribution in [0.15, 0.2) is 12.2 Å². The lowest BCUT2D eigenvalue weighted by atomic mass is 9.77. The summed E-state index contributed by atoms with van der Waals surface area (Å²) in [6.45, 7) is 2.17. The van der Waals surface area contributed by atoms with E-state index in [1.54, 1.807) is 0 Å². The maximum atomic E-state index is 3.03. The molecule has 0 saturated carbocycles. The highest BCUT2D eigenvalue weighted by atomic mass is 32.2. The topological polar surface area (TPSA) is 12.0 Å². The lowest BCUT2D eigenvalue weighted by Gasteiger charge is -2.00. The second kappa shape index (κ2) is 8.21. The summed E-state index contributed by atoms with van der Waals surface area (Å²) < 4.78 is 0. The predicted molar refractivity (Wildman–Crippen MR) is 56.4 cm³/mol. The first kappa shape index (κ1) is 11.1. The SMILES string of the molecule is CN[B]C(C)/C=C/CCSC. The first-order valence-corrected chi connectivity index (χ1v) is 5.37. The van der Waals surface area contributed by atoms with Crippen LogP contribution in [0.4, 0.5) is 0 Å². The van der Waals surface area contributed by atoms with E-state index in [0.717, 1.165) is 0 Å². The smallest absolute Gasteiger partial charge is 0.212 e. The van der Waals surface area contributed by atoms with Gasteiger partial charge in [-0.2, -0.15) is 11.8 Å². The molecule has 0 rings (SSSR count). The van der Waals surface area contributed by atoms with Gasteiger partial charge in [0.05, 0.1) is 0 Å². The molecule has 0 aliphatic rings. The summed E-state index contributed by atoms with van der Waals surface area (Å²) in [6.07, 6.45) is 7.79. The molecule has 63 valence electrons. The second-order valence-electron chi connectivity index (χ2n) is 2.52. The molecule has 11 heavy (non-hydrogen) atoms. The second-order valence-corrected chi connectivity index (χ2v) is 3.51. The van der Waals surface area contributed by atoms with Crippen molar-refractivity contribution in [2.45, 2.75) is 19.2 Å². The largest absolute Gasteiger partial charge is 0.363 e. The van der Waals surface area contributed by atoms with Crippen LogP contribution in [0.1, 0.15) is 13.3 Å². The van der Waals surface area contributed by atoms with E-state index < -0.39 is 0 Å². The molecule has 1 unspecified atom stereocenters. The lowest BCUT2D eigenvalue weighted by molar-refractivity contribution is 1.09. The zero-order chi connectivity index (χ0) is 8.53. The molecule has 0 aliphatic carbocycles. The molecule has 0 aromatic rings. The highest BCUT2D eigenvalue weighted by Gasteiger charge is 1.94. The number of thioether (sulfide) groups is 1. The zero-order valence-corrected chi connectivity index (χ0v) is 8.45. The van der Waals surface area contributed by atoms with Crippen LogP contribution in [0.2, 0.25) is 5.82 Å². The Morgan fingerprint density at radius 2 is 2.36 bits per heavy atom. The molecule has 0 spiro atoms. The van der Waals surface area contributed by atoms with Gasteiger partial charge in [0, 0.05) is 0 Å². The van der Waals surface area contributed by atoms with Crippen molar-refractivity contribution in [1.82, 2.24) is 5.23 Å². The minimum Gasteiger partial charge on any atom is -0.363 e. The molecule has 1 nitrogen and oxygen atoms in total. The Kier molecular flexibility index (Phi) is 8.30. The highest BCUT2D eigenvalue weighted by molar-refractivity contribution is 7.98. The van der Waals surface area contributed by atoms with Gasteiger partial charge in [-0.15, -0.1) is 0 Å². The van der Waals surface area contributed by atoms with Gasteiger partial charge >= 0.3 is 0 Å². The Labute approximate surface area is 75.3 Å². The fourth-order valence-corrected chi connectivity index (χ4v) is 1.19. The third-order valence-corrected chi connectivity index (χ3v) is 2.00. The molecule has 1 atom stereocenters. The van der Waals surface area contributed by atoms with Gasteiger partial charge in [0.1, 0.15) is 0 Å². The molecule has 0 bridgehead atoms. The quantitative estimate of drug-likeness (QED) is 0.371. The van der Waals surface area contributed by atoms with Crippen LogP contribution in [0.3, 0.4) is 0 Å². The molecular weight excluding hydrogens is 153 g/mol. The molecule has 0 fully saturated rings. The monoisotopic (exact) mass is 170 g/mol. The fourth-order valence-electron chi connectivity index (χ4n) is 0.815. The van der Waals surface area contributed by atoms with Gasteiger partial charge in [-0.1, -0.05) is 19.1 Å². The number of hydrogen-bond donors (Lipinski definition) is 1. The average Bonchev–Trinajstić information content (AvgIpc) is 1.99. The Balaban J connectivity index is 3.24. The van der Waals surface area contributed by atoms with Crippen LogP contribution in [-0.4, -0.2) is 26.5 Å². The van der Waals surface area contributed by atoms with Gasteiger partial charge < -0.3 is 5.23 Å². The molecule has 1 N–H and O–H groups in total. The summed E-state index contributed by atoms with van der Waals surface area (Å²) >= 11 is 1.89. The van der Waals surface area contributed by atoms with Crippen molar-refractivity contribution in [2.24, 2.45) is 0 Å². The van der Waals surface area contributed by atoms with Crippen molar-refractivity contribution < 1.29 is 0 Å². The molecule has 0 heterocycles. The number of nitrogens with one attached hydrogen (secondary N) is 1. The standard InChI is InChI=1S/C8H17BNS/c1-8(9-10-2)6-4-5-7-11-3/h4,6,8,10H,5,7H2,1-3H3/b6-4+. The summed E-state index contributed by atoms with van der Waals surface area (Å²) in [5.41, 5.74) is 0. The highest BCUT2D eigenvalue weighted by Crippen LogP contribution is 2.03. The Morgan fingerprint density at radius 1 is 1.64 bits per heavy atom.